The number of aryl methyl sites for hydroxylation is 1. The molecular weight excluding hydrogens is 173 g/mol. The van der Waals surface area contributed by atoms with Gasteiger partial charge in [-0.05, 0) is 23.9 Å². The summed E-state index contributed by atoms with van der Waals surface area (Å²) in [6.07, 6.45) is -4.87. The predicted octanol–water partition coefficient (Wildman–Crippen LogP) is 3.16. The summed E-state index contributed by atoms with van der Waals surface area (Å²) in [6.45, 7) is 1.69. The molecule has 0 nitrogen and oxygen atoms in total. The minimum Gasteiger partial charge on any atom is -0.171 e. The lowest BCUT2D eigenvalue weighted by Crippen LogP contribution is -2.10. The summed E-state index contributed by atoms with van der Waals surface area (Å²) in [5.74, 6) is 0. The SMILES string of the molecule is Cc1ccsc1CC(F)(F)F. The average Bonchev–Trinajstić information content (AvgIpc) is 2.12. The van der Waals surface area contributed by atoms with Crippen LogP contribution in [0.4, 0.5) is 13.2 Å². The maximum Gasteiger partial charge on any atom is 0.393 e. The van der Waals surface area contributed by atoms with Gasteiger partial charge in [-0.2, -0.15) is 13.2 Å². The molecule has 11 heavy (non-hydrogen) atoms. The normalized spacial score (nSPS) is 12.0. The summed E-state index contributed by atoms with van der Waals surface area (Å²) >= 11 is 1.16. The fourth-order valence-electron chi connectivity index (χ4n) is 0.767. The lowest BCUT2D eigenvalue weighted by molar-refractivity contribution is -0.126. The van der Waals surface area contributed by atoms with Crippen molar-refractivity contribution >= 4 is 11.3 Å². The first-order valence-corrected chi connectivity index (χ1v) is 3.97. The Morgan fingerprint density at radius 1 is 1.45 bits per heavy atom. The number of hydrogen-bond donors (Lipinski definition) is 0. The van der Waals surface area contributed by atoms with Crippen molar-refractivity contribution in [3.63, 3.8) is 0 Å². The van der Waals surface area contributed by atoms with Crippen molar-refractivity contribution in [3.05, 3.63) is 21.9 Å². The molecule has 0 fully saturated rings. The molecule has 62 valence electrons. The molecule has 0 aliphatic rings. The molecule has 1 aromatic heterocycles. The summed E-state index contributed by atoms with van der Waals surface area (Å²) in [4.78, 5) is 0.414. The highest BCUT2D eigenvalue weighted by Crippen LogP contribution is 2.26. The second-order valence-corrected chi connectivity index (χ2v) is 3.32. The van der Waals surface area contributed by atoms with Gasteiger partial charge in [-0.3, -0.25) is 0 Å². The van der Waals surface area contributed by atoms with E-state index in [9.17, 15) is 13.2 Å². The van der Waals surface area contributed by atoms with E-state index in [1.807, 2.05) is 0 Å². The molecular formula is C7H7F3S. The van der Waals surface area contributed by atoms with Crippen LogP contribution >= 0.6 is 11.3 Å². The predicted molar refractivity (Wildman–Crippen MR) is 38.8 cm³/mol. The van der Waals surface area contributed by atoms with Gasteiger partial charge in [0.05, 0.1) is 6.42 Å². The third-order valence-electron chi connectivity index (χ3n) is 1.33. The Balaban J connectivity index is 2.72. The summed E-state index contributed by atoms with van der Waals surface area (Å²) in [6, 6.07) is 1.70. The summed E-state index contributed by atoms with van der Waals surface area (Å²) < 4.78 is 35.4. The van der Waals surface area contributed by atoms with Gasteiger partial charge in [-0.25, -0.2) is 0 Å². The van der Waals surface area contributed by atoms with Crippen molar-refractivity contribution in [2.24, 2.45) is 0 Å². The zero-order valence-corrected chi connectivity index (χ0v) is 6.72. The lowest BCUT2D eigenvalue weighted by atomic mass is 10.2. The minimum absolute atomic E-state index is 0.414. The van der Waals surface area contributed by atoms with Crippen molar-refractivity contribution in [2.75, 3.05) is 0 Å². The molecule has 0 unspecified atom stereocenters. The molecule has 0 radical (unpaired) electrons. The van der Waals surface area contributed by atoms with Gasteiger partial charge in [0.15, 0.2) is 0 Å². The van der Waals surface area contributed by atoms with E-state index in [2.05, 4.69) is 0 Å². The van der Waals surface area contributed by atoms with Crippen LogP contribution in [0.1, 0.15) is 10.4 Å². The zero-order valence-electron chi connectivity index (χ0n) is 5.90. The first-order chi connectivity index (χ1) is 4.99. The number of thiophene rings is 1. The van der Waals surface area contributed by atoms with Crippen LogP contribution in [-0.2, 0) is 6.42 Å². The van der Waals surface area contributed by atoms with Gasteiger partial charge in [0.25, 0.3) is 0 Å². The third-order valence-corrected chi connectivity index (χ3v) is 2.35. The van der Waals surface area contributed by atoms with E-state index in [0.29, 0.717) is 4.88 Å². The number of hydrogen-bond acceptors (Lipinski definition) is 1. The maximum atomic E-state index is 11.8. The second-order valence-electron chi connectivity index (χ2n) is 2.32. The molecule has 0 spiro atoms. The first kappa shape index (κ1) is 8.59. The molecule has 0 aliphatic carbocycles. The van der Waals surface area contributed by atoms with Gasteiger partial charge in [0.1, 0.15) is 0 Å². The number of alkyl halides is 3. The quantitative estimate of drug-likeness (QED) is 0.622. The minimum atomic E-state index is -4.07. The Morgan fingerprint density at radius 3 is 2.45 bits per heavy atom. The fraction of sp³-hybridized carbons (Fsp3) is 0.429. The Kier molecular flexibility index (Phi) is 2.23. The van der Waals surface area contributed by atoms with Crippen molar-refractivity contribution < 1.29 is 13.2 Å². The number of halogens is 3. The van der Waals surface area contributed by atoms with Gasteiger partial charge < -0.3 is 0 Å². The molecule has 0 N–H and O–H groups in total. The van der Waals surface area contributed by atoms with Crippen LogP contribution < -0.4 is 0 Å². The van der Waals surface area contributed by atoms with Crippen LogP contribution in [0.3, 0.4) is 0 Å². The Bertz CT molecular complexity index is 236. The summed E-state index contributed by atoms with van der Waals surface area (Å²) in [7, 11) is 0. The second kappa shape index (κ2) is 2.85. The van der Waals surface area contributed by atoms with E-state index in [4.69, 9.17) is 0 Å². The van der Waals surface area contributed by atoms with E-state index in [1.54, 1.807) is 18.4 Å². The van der Waals surface area contributed by atoms with Crippen molar-refractivity contribution in [2.45, 2.75) is 19.5 Å². The molecule has 0 bridgehead atoms. The van der Waals surface area contributed by atoms with E-state index >= 15 is 0 Å². The van der Waals surface area contributed by atoms with Crippen molar-refractivity contribution in [1.29, 1.82) is 0 Å². The van der Waals surface area contributed by atoms with Crippen LogP contribution in [-0.4, -0.2) is 6.18 Å². The standard InChI is InChI=1S/C7H7F3S/c1-5-2-3-11-6(5)4-7(8,9)10/h2-3H,4H2,1H3. The topological polar surface area (TPSA) is 0 Å². The molecule has 4 heteroatoms. The Morgan fingerprint density at radius 2 is 2.09 bits per heavy atom. The molecule has 0 aliphatic heterocycles. The highest BCUT2D eigenvalue weighted by Gasteiger charge is 2.28. The summed E-state index contributed by atoms with van der Waals surface area (Å²) in [5, 5.41) is 1.68. The van der Waals surface area contributed by atoms with Crippen molar-refractivity contribution in [1.82, 2.24) is 0 Å². The molecule has 0 saturated heterocycles. The zero-order chi connectivity index (χ0) is 8.48. The maximum absolute atomic E-state index is 11.8. The van der Waals surface area contributed by atoms with Gasteiger partial charge in [-0.1, -0.05) is 0 Å². The van der Waals surface area contributed by atoms with Crippen LogP contribution in [0.5, 0.6) is 0 Å². The molecule has 0 aromatic carbocycles. The van der Waals surface area contributed by atoms with E-state index < -0.39 is 12.6 Å². The lowest BCUT2D eigenvalue weighted by Gasteiger charge is -2.03. The van der Waals surface area contributed by atoms with Gasteiger partial charge in [0.2, 0.25) is 0 Å². The molecule has 0 atom stereocenters. The highest BCUT2D eigenvalue weighted by molar-refractivity contribution is 7.10. The monoisotopic (exact) mass is 180 g/mol. The van der Waals surface area contributed by atoms with Gasteiger partial charge in [-0.15, -0.1) is 11.3 Å². The Hall–Kier alpha value is -0.510. The van der Waals surface area contributed by atoms with Crippen molar-refractivity contribution in [3.8, 4) is 0 Å². The molecule has 1 rings (SSSR count). The fourth-order valence-corrected chi connectivity index (χ4v) is 1.70. The molecule has 0 amide bonds. The summed E-state index contributed by atoms with van der Waals surface area (Å²) in [5.41, 5.74) is 0.729. The molecule has 1 aromatic rings. The van der Waals surface area contributed by atoms with Gasteiger partial charge >= 0.3 is 6.18 Å². The van der Waals surface area contributed by atoms with Crippen LogP contribution in [0.2, 0.25) is 0 Å². The van der Waals surface area contributed by atoms with Crippen LogP contribution in [0.25, 0.3) is 0 Å². The molecule has 0 saturated carbocycles. The van der Waals surface area contributed by atoms with E-state index in [-0.39, 0.29) is 0 Å². The van der Waals surface area contributed by atoms with E-state index in [1.165, 1.54) is 0 Å². The smallest absolute Gasteiger partial charge is 0.171 e. The van der Waals surface area contributed by atoms with Gasteiger partial charge in [0, 0.05) is 4.88 Å². The molecule has 1 heterocycles. The van der Waals surface area contributed by atoms with Crippen LogP contribution in [0, 0.1) is 6.92 Å². The van der Waals surface area contributed by atoms with E-state index in [0.717, 1.165) is 16.9 Å². The largest absolute Gasteiger partial charge is 0.393 e. The first-order valence-electron chi connectivity index (χ1n) is 3.09. The average molecular weight is 180 g/mol. The Labute approximate surface area is 66.7 Å². The van der Waals surface area contributed by atoms with Crippen LogP contribution in [0.15, 0.2) is 11.4 Å². The third kappa shape index (κ3) is 2.54. The highest BCUT2D eigenvalue weighted by atomic mass is 32.1. The number of rotatable bonds is 1.